The largest absolute Gasteiger partial charge is 0.497 e. The third-order valence-corrected chi connectivity index (χ3v) is 5.62. The summed E-state index contributed by atoms with van der Waals surface area (Å²) in [6, 6.07) is 5.08. The van der Waals surface area contributed by atoms with Gasteiger partial charge in [0.15, 0.2) is 11.6 Å². The van der Waals surface area contributed by atoms with E-state index in [0.29, 0.717) is 17.1 Å². The molecule has 4 rings (SSSR count). The molecule has 2 aromatic heterocycles. The summed E-state index contributed by atoms with van der Waals surface area (Å²) in [4.78, 5) is 20.7. The van der Waals surface area contributed by atoms with E-state index in [1.807, 2.05) is 0 Å². The summed E-state index contributed by atoms with van der Waals surface area (Å²) in [5.41, 5.74) is 0.378. The molecule has 3 aromatic rings. The minimum Gasteiger partial charge on any atom is -0.497 e. The lowest BCUT2D eigenvalue weighted by Gasteiger charge is -2.46. The molecule has 34 heavy (non-hydrogen) atoms. The molecule has 1 fully saturated rings. The molecule has 1 aromatic carbocycles. The Kier molecular flexibility index (Phi) is 6.02. The highest BCUT2D eigenvalue weighted by Gasteiger charge is 2.38. The van der Waals surface area contributed by atoms with Gasteiger partial charge in [-0.05, 0) is 57.0 Å². The Morgan fingerprint density at radius 3 is 2.47 bits per heavy atom. The van der Waals surface area contributed by atoms with Gasteiger partial charge in [0, 0.05) is 42.0 Å². The zero-order valence-electron chi connectivity index (χ0n) is 20.2. The van der Waals surface area contributed by atoms with Gasteiger partial charge < -0.3 is 20.7 Å². The predicted molar refractivity (Wildman–Crippen MR) is 126 cm³/mol. The summed E-state index contributed by atoms with van der Waals surface area (Å²) in [5, 5.41) is 17.5. The molecule has 3 heterocycles. The zero-order valence-corrected chi connectivity index (χ0v) is 20.2. The van der Waals surface area contributed by atoms with Crippen molar-refractivity contribution in [3.05, 3.63) is 40.7 Å². The van der Waals surface area contributed by atoms with Gasteiger partial charge in [0.05, 0.1) is 19.0 Å². The molecule has 0 bridgehead atoms. The molecule has 0 unspecified atom stereocenters. The van der Waals surface area contributed by atoms with Crippen LogP contribution in [0, 0.1) is 5.82 Å². The number of hydrogen-bond donors (Lipinski definition) is 3. The zero-order chi connectivity index (χ0) is 24.7. The van der Waals surface area contributed by atoms with Gasteiger partial charge in [-0.3, -0.25) is 0 Å². The Labute approximate surface area is 196 Å². The summed E-state index contributed by atoms with van der Waals surface area (Å²) < 4.78 is 22.2. The lowest BCUT2D eigenvalue weighted by atomic mass is 9.79. The monoisotopic (exact) mass is 471 g/mol. The number of hydrogen-bond acceptors (Lipinski definition) is 9. The van der Waals surface area contributed by atoms with Crippen LogP contribution < -0.4 is 26.4 Å². The van der Waals surface area contributed by atoms with Crippen LogP contribution in [-0.4, -0.2) is 54.0 Å². The number of nitrogens with zero attached hydrogens (tertiary/aromatic N) is 6. The third-order valence-electron chi connectivity index (χ3n) is 5.62. The van der Waals surface area contributed by atoms with Crippen LogP contribution in [0.2, 0.25) is 0 Å². The molecule has 0 aliphatic carbocycles. The van der Waals surface area contributed by atoms with Gasteiger partial charge in [-0.25, -0.2) is 14.2 Å². The maximum Gasteiger partial charge on any atom is 0.368 e. The molecule has 182 valence electrons. The van der Waals surface area contributed by atoms with Crippen molar-refractivity contribution in [2.24, 2.45) is 7.05 Å². The smallest absolute Gasteiger partial charge is 0.368 e. The Balaban J connectivity index is 1.60. The Bertz CT molecular complexity index is 1240. The van der Waals surface area contributed by atoms with Crippen molar-refractivity contribution < 1.29 is 9.13 Å². The number of piperidine rings is 1. The topological polar surface area (TPSA) is 124 Å². The van der Waals surface area contributed by atoms with Crippen LogP contribution in [0.5, 0.6) is 5.75 Å². The number of halogens is 1. The molecule has 0 spiro atoms. The van der Waals surface area contributed by atoms with Crippen molar-refractivity contribution in [1.29, 1.82) is 0 Å². The van der Waals surface area contributed by atoms with Crippen molar-refractivity contribution in [3.8, 4) is 11.4 Å². The molecule has 12 heteroatoms. The average Bonchev–Trinajstić information content (AvgIpc) is 3.06. The van der Waals surface area contributed by atoms with Crippen LogP contribution in [0.4, 0.5) is 21.8 Å². The van der Waals surface area contributed by atoms with Gasteiger partial charge in [-0.1, -0.05) is 0 Å². The predicted octanol–water partition coefficient (Wildman–Crippen LogP) is 2.37. The van der Waals surface area contributed by atoms with Gasteiger partial charge in [0.1, 0.15) is 5.75 Å². The van der Waals surface area contributed by atoms with E-state index >= 15 is 0 Å². The van der Waals surface area contributed by atoms with E-state index in [1.54, 1.807) is 18.2 Å². The van der Waals surface area contributed by atoms with Crippen LogP contribution in [-0.2, 0) is 7.05 Å². The maximum atomic E-state index is 14.6. The van der Waals surface area contributed by atoms with Gasteiger partial charge >= 0.3 is 5.69 Å². The molecule has 0 radical (unpaired) electrons. The third kappa shape index (κ3) is 5.16. The first-order valence-corrected chi connectivity index (χ1v) is 11.0. The van der Waals surface area contributed by atoms with Crippen LogP contribution in [0.3, 0.4) is 0 Å². The fraction of sp³-hybridized carbons (Fsp3) is 0.500. The lowest BCUT2D eigenvalue weighted by Crippen LogP contribution is -2.60. The SMILES string of the molecule is COc1cc(Nc2ncc(F)c(NC3CC(C)(C)NC(C)(C)C3)n2)cc(-n2nnn(C)c2=O)c1. The molecule has 0 atom stereocenters. The van der Waals surface area contributed by atoms with E-state index in [-0.39, 0.29) is 28.9 Å². The number of tetrazole rings is 1. The van der Waals surface area contributed by atoms with Crippen molar-refractivity contribution in [2.45, 2.75) is 57.7 Å². The first-order chi connectivity index (χ1) is 15.9. The van der Waals surface area contributed by atoms with Crippen molar-refractivity contribution in [1.82, 2.24) is 35.1 Å². The van der Waals surface area contributed by atoms with E-state index in [0.717, 1.165) is 28.4 Å². The summed E-state index contributed by atoms with van der Waals surface area (Å²) in [7, 11) is 3.03. The summed E-state index contributed by atoms with van der Waals surface area (Å²) in [6.07, 6.45) is 2.76. The quantitative estimate of drug-likeness (QED) is 0.497. The number of aryl methyl sites for hydroxylation is 1. The van der Waals surface area contributed by atoms with Gasteiger partial charge in [-0.15, -0.1) is 0 Å². The number of nitrogens with one attached hydrogen (secondary N) is 3. The van der Waals surface area contributed by atoms with E-state index in [4.69, 9.17) is 4.74 Å². The first kappa shape index (κ1) is 23.6. The average molecular weight is 472 g/mol. The van der Waals surface area contributed by atoms with Gasteiger partial charge in [-0.2, -0.15) is 14.3 Å². The van der Waals surface area contributed by atoms with E-state index in [1.165, 1.54) is 14.2 Å². The van der Waals surface area contributed by atoms with E-state index in [2.05, 4.69) is 64.0 Å². The molecule has 1 aliphatic rings. The fourth-order valence-electron chi connectivity index (χ4n) is 4.65. The molecular formula is C22H30FN9O2. The number of ether oxygens (including phenoxy) is 1. The van der Waals surface area contributed by atoms with Crippen LogP contribution in [0.15, 0.2) is 29.2 Å². The second-order valence-electron chi connectivity index (χ2n) is 9.87. The first-order valence-electron chi connectivity index (χ1n) is 11.0. The highest BCUT2D eigenvalue weighted by Crippen LogP contribution is 2.31. The Hall–Kier alpha value is -3.54. The fourth-order valence-corrected chi connectivity index (χ4v) is 4.65. The molecule has 3 N–H and O–H groups in total. The number of anilines is 3. The lowest BCUT2D eigenvalue weighted by molar-refractivity contribution is 0.170. The second kappa shape index (κ2) is 8.67. The van der Waals surface area contributed by atoms with E-state index < -0.39 is 11.5 Å². The Morgan fingerprint density at radius 2 is 1.85 bits per heavy atom. The van der Waals surface area contributed by atoms with Gasteiger partial charge in [0.25, 0.3) is 0 Å². The molecule has 11 nitrogen and oxygen atoms in total. The minimum absolute atomic E-state index is 0.0375. The molecule has 1 saturated heterocycles. The van der Waals surface area contributed by atoms with Crippen LogP contribution in [0.1, 0.15) is 40.5 Å². The highest BCUT2D eigenvalue weighted by atomic mass is 19.1. The van der Waals surface area contributed by atoms with Crippen LogP contribution in [0.25, 0.3) is 5.69 Å². The minimum atomic E-state index is -0.530. The van der Waals surface area contributed by atoms with Crippen LogP contribution >= 0.6 is 0 Å². The number of rotatable bonds is 6. The normalized spacial score (nSPS) is 17.4. The maximum absolute atomic E-state index is 14.6. The van der Waals surface area contributed by atoms with E-state index in [9.17, 15) is 9.18 Å². The summed E-state index contributed by atoms with van der Waals surface area (Å²) >= 11 is 0. The summed E-state index contributed by atoms with van der Waals surface area (Å²) in [6.45, 7) is 8.53. The molecule has 0 amide bonds. The molecular weight excluding hydrogens is 441 g/mol. The van der Waals surface area contributed by atoms with Crippen molar-refractivity contribution in [2.75, 3.05) is 17.7 Å². The second-order valence-corrected chi connectivity index (χ2v) is 9.87. The molecule has 0 saturated carbocycles. The van der Waals surface area contributed by atoms with Crippen molar-refractivity contribution in [3.63, 3.8) is 0 Å². The van der Waals surface area contributed by atoms with Crippen molar-refractivity contribution >= 4 is 17.5 Å². The van der Waals surface area contributed by atoms with Gasteiger partial charge in [0.2, 0.25) is 5.95 Å². The number of aromatic nitrogens is 6. The number of benzene rings is 1. The molecule has 1 aliphatic heterocycles. The summed E-state index contributed by atoms with van der Waals surface area (Å²) in [5.74, 6) is 0.278. The standard InChI is InChI=1S/C22H30FN9O2/c1-21(2)10-14(11-22(3,4)28-21)25-18-17(23)12-24-19(27-18)26-13-7-15(9-16(8-13)34-6)32-20(33)31(5)29-30-32/h7-9,12,14,28H,10-11H2,1-6H3,(H2,24,25,26,27). The Morgan fingerprint density at radius 1 is 1.15 bits per heavy atom. The number of methoxy groups -OCH3 is 1. The highest BCUT2D eigenvalue weighted by molar-refractivity contribution is 5.61.